The maximum absolute atomic E-state index is 12.2. The molecule has 138 valence electrons. The second-order valence-electron chi connectivity index (χ2n) is 7.54. The van der Waals surface area contributed by atoms with E-state index in [-0.39, 0.29) is 17.9 Å². The highest BCUT2D eigenvalue weighted by Crippen LogP contribution is 2.31. The number of carbonyl (C=O) groups is 1. The maximum Gasteiger partial charge on any atom is 0.227 e. The van der Waals surface area contributed by atoms with Crippen LogP contribution in [0.5, 0.6) is 5.75 Å². The van der Waals surface area contributed by atoms with Crippen molar-refractivity contribution in [3.05, 3.63) is 28.8 Å². The number of benzene rings is 1. The third-order valence-corrected chi connectivity index (χ3v) is 5.10. The molecule has 2 fully saturated rings. The Morgan fingerprint density at radius 3 is 2.84 bits per heavy atom. The van der Waals surface area contributed by atoms with Crippen molar-refractivity contribution in [2.75, 3.05) is 32.9 Å². The van der Waals surface area contributed by atoms with E-state index in [1.807, 2.05) is 6.92 Å². The summed E-state index contributed by atoms with van der Waals surface area (Å²) in [5, 5.41) is 3.10. The molecule has 1 amide bonds. The molecule has 1 aromatic carbocycles. The zero-order valence-corrected chi connectivity index (χ0v) is 15.8. The van der Waals surface area contributed by atoms with E-state index in [0.29, 0.717) is 25.7 Å². The van der Waals surface area contributed by atoms with Gasteiger partial charge in [0.2, 0.25) is 5.91 Å². The highest BCUT2D eigenvalue weighted by atomic mass is 16.5. The van der Waals surface area contributed by atoms with Crippen molar-refractivity contribution < 1.29 is 14.3 Å². The number of aryl methyl sites for hydroxylation is 1. The molecule has 1 N–H and O–H groups in total. The first-order valence-corrected chi connectivity index (χ1v) is 9.34. The molecule has 25 heavy (non-hydrogen) atoms. The van der Waals surface area contributed by atoms with Gasteiger partial charge in [0.25, 0.3) is 0 Å². The van der Waals surface area contributed by atoms with Gasteiger partial charge in [0.15, 0.2) is 0 Å². The number of ether oxygens (including phenoxy) is 2. The van der Waals surface area contributed by atoms with Gasteiger partial charge in [-0.1, -0.05) is 19.9 Å². The van der Waals surface area contributed by atoms with Crippen LogP contribution >= 0.6 is 0 Å². The summed E-state index contributed by atoms with van der Waals surface area (Å²) in [5.41, 5.74) is 3.83. The summed E-state index contributed by atoms with van der Waals surface area (Å²) in [6.07, 6.45) is 0. The van der Waals surface area contributed by atoms with Crippen molar-refractivity contribution >= 4 is 5.91 Å². The number of hydrogen-bond donors (Lipinski definition) is 1. The van der Waals surface area contributed by atoms with Crippen LogP contribution in [-0.4, -0.2) is 49.8 Å². The van der Waals surface area contributed by atoms with Crippen LogP contribution in [0.15, 0.2) is 12.1 Å². The number of nitrogens with one attached hydrogen (secondary N) is 1. The third-order valence-electron chi connectivity index (χ3n) is 5.10. The highest BCUT2D eigenvalue weighted by molar-refractivity contribution is 5.80. The molecule has 3 rings (SSSR count). The van der Waals surface area contributed by atoms with Crippen molar-refractivity contribution in [2.24, 2.45) is 5.92 Å². The quantitative estimate of drug-likeness (QED) is 0.890. The summed E-state index contributed by atoms with van der Waals surface area (Å²) >= 11 is 0. The molecule has 2 heterocycles. The van der Waals surface area contributed by atoms with Gasteiger partial charge in [-0.05, 0) is 42.5 Å². The molecule has 0 aliphatic carbocycles. The molecular formula is C20H30N2O3. The third kappa shape index (κ3) is 4.15. The summed E-state index contributed by atoms with van der Waals surface area (Å²) < 4.78 is 11.5. The number of amides is 1. The summed E-state index contributed by atoms with van der Waals surface area (Å²) in [4.78, 5) is 14.6. The molecule has 0 saturated carbocycles. The second kappa shape index (κ2) is 7.75. The number of rotatable bonds is 5. The molecule has 0 radical (unpaired) electrons. The van der Waals surface area contributed by atoms with Gasteiger partial charge in [-0.3, -0.25) is 9.69 Å². The largest absolute Gasteiger partial charge is 0.494 e. The summed E-state index contributed by atoms with van der Waals surface area (Å²) in [6.45, 7) is 12.8. The summed E-state index contributed by atoms with van der Waals surface area (Å²) in [5.74, 6) is 1.48. The smallest absolute Gasteiger partial charge is 0.227 e. The van der Waals surface area contributed by atoms with Gasteiger partial charge >= 0.3 is 0 Å². The van der Waals surface area contributed by atoms with Gasteiger partial charge in [-0.15, -0.1) is 0 Å². The Morgan fingerprint density at radius 2 is 2.12 bits per heavy atom. The fourth-order valence-corrected chi connectivity index (χ4v) is 3.74. The van der Waals surface area contributed by atoms with Crippen LogP contribution in [0, 0.1) is 12.8 Å². The summed E-state index contributed by atoms with van der Waals surface area (Å²) in [6, 6.07) is 4.55. The van der Waals surface area contributed by atoms with E-state index in [0.717, 1.165) is 25.4 Å². The van der Waals surface area contributed by atoms with Crippen LogP contribution in [0.1, 0.15) is 43.4 Å². The first kappa shape index (κ1) is 18.2. The van der Waals surface area contributed by atoms with Crippen molar-refractivity contribution in [2.45, 2.75) is 46.2 Å². The lowest BCUT2D eigenvalue weighted by Crippen LogP contribution is -2.41. The van der Waals surface area contributed by atoms with E-state index in [9.17, 15) is 4.79 Å². The van der Waals surface area contributed by atoms with Crippen molar-refractivity contribution in [1.29, 1.82) is 0 Å². The second-order valence-corrected chi connectivity index (χ2v) is 7.54. The van der Waals surface area contributed by atoms with E-state index in [1.54, 1.807) is 0 Å². The predicted molar refractivity (Wildman–Crippen MR) is 98.0 cm³/mol. The number of nitrogens with zero attached hydrogens (tertiary/aromatic N) is 1. The molecule has 2 aliphatic heterocycles. The lowest BCUT2D eigenvalue weighted by Gasteiger charge is -2.28. The van der Waals surface area contributed by atoms with Crippen LogP contribution in [0.3, 0.4) is 0 Å². The Balaban J connectivity index is 1.82. The molecule has 2 atom stereocenters. The zero-order valence-electron chi connectivity index (χ0n) is 15.8. The normalized spacial score (nSPS) is 24.1. The molecule has 0 unspecified atom stereocenters. The molecular weight excluding hydrogens is 316 g/mol. The lowest BCUT2D eigenvalue weighted by molar-refractivity contribution is -0.125. The average Bonchev–Trinajstić information content (AvgIpc) is 2.78. The van der Waals surface area contributed by atoms with Gasteiger partial charge in [-0.2, -0.15) is 0 Å². The number of fused-ring (bicyclic) bond motifs is 3. The van der Waals surface area contributed by atoms with E-state index in [4.69, 9.17) is 9.47 Å². The Kier molecular flexibility index (Phi) is 5.64. The maximum atomic E-state index is 12.2. The minimum absolute atomic E-state index is 0.0694. The van der Waals surface area contributed by atoms with E-state index in [2.05, 4.69) is 43.1 Å². The first-order valence-electron chi connectivity index (χ1n) is 9.34. The van der Waals surface area contributed by atoms with Gasteiger partial charge in [0.05, 0.1) is 31.8 Å². The minimum Gasteiger partial charge on any atom is -0.494 e. The molecule has 2 bridgehead atoms. The lowest BCUT2D eigenvalue weighted by atomic mass is 9.96. The van der Waals surface area contributed by atoms with E-state index < -0.39 is 0 Å². The Hall–Kier alpha value is -1.59. The fraction of sp³-hybridized carbons (Fsp3) is 0.650. The first-order chi connectivity index (χ1) is 12.0. The predicted octanol–water partition coefficient (Wildman–Crippen LogP) is 2.46. The molecule has 1 aromatic rings. The van der Waals surface area contributed by atoms with Crippen molar-refractivity contribution in [3.8, 4) is 5.75 Å². The molecule has 5 heteroatoms. The van der Waals surface area contributed by atoms with Crippen LogP contribution in [-0.2, 0) is 16.1 Å². The summed E-state index contributed by atoms with van der Waals surface area (Å²) in [7, 11) is 0. The average molecular weight is 346 g/mol. The topological polar surface area (TPSA) is 50.8 Å². The van der Waals surface area contributed by atoms with Crippen molar-refractivity contribution in [1.82, 2.24) is 10.2 Å². The number of carbonyl (C=O) groups excluding carboxylic acids is 1. The Morgan fingerprint density at radius 1 is 1.32 bits per heavy atom. The van der Waals surface area contributed by atoms with Gasteiger partial charge in [0.1, 0.15) is 5.75 Å². The SMILES string of the molecule is CCOc1cc(C)c(CN2C[C@H]3COC[C@@H](C2)C(=O)N3)cc1C(C)C. The molecule has 0 spiro atoms. The molecule has 2 aliphatic rings. The minimum atomic E-state index is -0.0694. The fourth-order valence-electron chi connectivity index (χ4n) is 3.74. The van der Waals surface area contributed by atoms with Crippen molar-refractivity contribution in [3.63, 3.8) is 0 Å². The van der Waals surface area contributed by atoms with Gasteiger partial charge in [0, 0.05) is 19.6 Å². The highest BCUT2D eigenvalue weighted by Gasteiger charge is 2.33. The van der Waals surface area contributed by atoms with Crippen LogP contribution in [0.25, 0.3) is 0 Å². The van der Waals surface area contributed by atoms with Gasteiger partial charge in [-0.25, -0.2) is 0 Å². The molecule has 0 aromatic heterocycles. The number of hydrogen-bond acceptors (Lipinski definition) is 4. The Bertz CT molecular complexity index is 630. The molecule has 2 saturated heterocycles. The zero-order chi connectivity index (χ0) is 18.0. The van der Waals surface area contributed by atoms with Crippen LogP contribution in [0.4, 0.5) is 0 Å². The molecule has 5 nitrogen and oxygen atoms in total. The van der Waals surface area contributed by atoms with E-state index >= 15 is 0 Å². The van der Waals surface area contributed by atoms with Crippen LogP contribution in [0.2, 0.25) is 0 Å². The van der Waals surface area contributed by atoms with E-state index in [1.165, 1.54) is 16.7 Å². The Labute approximate surface area is 150 Å². The van der Waals surface area contributed by atoms with Crippen LogP contribution < -0.4 is 10.1 Å². The standard InChI is InChI=1S/C20H30N2O3/c1-5-25-19-6-14(4)15(7-18(19)13(2)3)8-22-9-16-11-24-12-17(10-22)21-20(16)23/h6-7,13,16-17H,5,8-12H2,1-4H3,(H,21,23)/t16-,17+/m1/s1. The van der Waals surface area contributed by atoms with Gasteiger partial charge < -0.3 is 14.8 Å². The monoisotopic (exact) mass is 346 g/mol.